The molecule has 2 fully saturated rings. The van der Waals surface area contributed by atoms with Crippen LogP contribution in [-0.4, -0.2) is 62.0 Å². The minimum atomic E-state index is -0.261. The van der Waals surface area contributed by atoms with Gasteiger partial charge in [0.2, 0.25) is 0 Å². The number of nitrogens with zero attached hydrogens (tertiary/aromatic N) is 5. The van der Waals surface area contributed by atoms with Gasteiger partial charge in [0.05, 0.1) is 23.7 Å². The van der Waals surface area contributed by atoms with Gasteiger partial charge in [0.1, 0.15) is 6.26 Å². The predicted octanol–water partition coefficient (Wildman–Crippen LogP) is 3.02. The van der Waals surface area contributed by atoms with Gasteiger partial charge in [-0.1, -0.05) is 18.2 Å². The molecular weight excluding hydrogens is 390 g/mol. The van der Waals surface area contributed by atoms with Crippen molar-refractivity contribution in [3.05, 3.63) is 66.1 Å². The molecule has 5 rings (SSSR count). The molecule has 3 aromatic rings. The number of β-amino-alcohol motifs (C(OH)–C–C–N with tert-alkyl or cyclic N) is 1. The maximum atomic E-state index is 10.7. The number of likely N-dealkylation sites (tertiary alicyclic amines) is 2. The Bertz CT molecular complexity index is 990. The zero-order valence-electron chi connectivity index (χ0n) is 18.2. The molecule has 2 aliphatic heterocycles. The fourth-order valence-corrected chi connectivity index (χ4v) is 5.27. The molecule has 31 heavy (non-hydrogen) atoms. The molecule has 2 saturated heterocycles. The third-order valence-electron chi connectivity index (χ3n) is 6.73. The lowest BCUT2D eigenvalue weighted by Crippen LogP contribution is -2.53. The summed E-state index contributed by atoms with van der Waals surface area (Å²) in [5.41, 5.74) is 3.46. The van der Waals surface area contributed by atoms with E-state index in [0.29, 0.717) is 0 Å². The van der Waals surface area contributed by atoms with Crippen LogP contribution >= 0.6 is 0 Å². The molecule has 0 aliphatic carbocycles. The number of rotatable bonds is 5. The molecule has 2 aromatic heterocycles. The van der Waals surface area contributed by atoms with Gasteiger partial charge in [0, 0.05) is 44.9 Å². The summed E-state index contributed by atoms with van der Waals surface area (Å²) in [5, 5.41) is 15.2. The summed E-state index contributed by atoms with van der Waals surface area (Å²) in [6.07, 6.45) is 8.68. The van der Waals surface area contributed by atoms with E-state index in [2.05, 4.69) is 38.2 Å². The van der Waals surface area contributed by atoms with Crippen LogP contribution in [-0.2, 0) is 13.1 Å². The van der Waals surface area contributed by atoms with Crippen molar-refractivity contribution in [3.8, 4) is 5.69 Å². The van der Waals surface area contributed by atoms with E-state index in [-0.39, 0.29) is 11.5 Å². The van der Waals surface area contributed by atoms with Crippen molar-refractivity contribution in [3.63, 3.8) is 0 Å². The zero-order chi connectivity index (χ0) is 21.3. The van der Waals surface area contributed by atoms with Gasteiger partial charge in [0.15, 0.2) is 5.89 Å². The number of aromatic nitrogens is 3. The second-order valence-electron chi connectivity index (χ2n) is 9.29. The van der Waals surface area contributed by atoms with Crippen molar-refractivity contribution in [2.45, 2.75) is 45.4 Å². The number of aliphatic hydroxyl groups is 1. The minimum absolute atomic E-state index is 0.198. The molecule has 1 atom stereocenters. The van der Waals surface area contributed by atoms with Crippen molar-refractivity contribution < 1.29 is 9.52 Å². The van der Waals surface area contributed by atoms with Crippen LogP contribution in [0.25, 0.3) is 5.69 Å². The first-order chi connectivity index (χ1) is 15.1. The van der Waals surface area contributed by atoms with Crippen LogP contribution in [0.3, 0.4) is 0 Å². The fourth-order valence-electron chi connectivity index (χ4n) is 5.27. The average molecular weight is 422 g/mol. The normalized spacial score (nSPS) is 22.2. The van der Waals surface area contributed by atoms with Gasteiger partial charge >= 0.3 is 0 Å². The van der Waals surface area contributed by atoms with E-state index < -0.39 is 0 Å². The molecule has 1 aromatic carbocycles. The Kier molecular flexibility index (Phi) is 5.65. The molecule has 1 unspecified atom stereocenters. The summed E-state index contributed by atoms with van der Waals surface area (Å²) in [6, 6.07) is 10.2. The molecule has 164 valence electrons. The standard InChI is InChI=1S/C24H31N5O2/c1-19-26-21(17-31-19)15-27-9-7-24(8-10-27)11-23(30)16-28(18-24)13-20-12-25-29(14-20)22-5-3-2-4-6-22/h2-6,12,14,17,23,30H,7-11,13,15-16,18H2,1H3. The third kappa shape index (κ3) is 4.74. The van der Waals surface area contributed by atoms with Crippen LogP contribution in [0.2, 0.25) is 0 Å². The highest BCUT2D eigenvalue weighted by atomic mass is 16.3. The number of hydrogen-bond donors (Lipinski definition) is 1. The lowest BCUT2D eigenvalue weighted by molar-refractivity contribution is -0.0448. The summed E-state index contributed by atoms with van der Waals surface area (Å²) in [4.78, 5) is 9.31. The van der Waals surface area contributed by atoms with Gasteiger partial charge in [-0.15, -0.1) is 0 Å². The maximum absolute atomic E-state index is 10.7. The Balaban J connectivity index is 1.20. The molecule has 0 bridgehead atoms. The Morgan fingerprint density at radius 1 is 1.13 bits per heavy atom. The Labute approximate surface area is 183 Å². The van der Waals surface area contributed by atoms with Crippen molar-refractivity contribution >= 4 is 0 Å². The molecule has 0 radical (unpaired) electrons. The Morgan fingerprint density at radius 3 is 2.68 bits per heavy atom. The van der Waals surface area contributed by atoms with Gasteiger partial charge in [-0.05, 0) is 49.9 Å². The van der Waals surface area contributed by atoms with Crippen LogP contribution in [0, 0.1) is 12.3 Å². The number of aryl methyl sites for hydroxylation is 1. The topological polar surface area (TPSA) is 70.6 Å². The highest BCUT2D eigenvalue weighted by Gasteiger charge is 2.41. The van der Waals surface area contributed by atoms with Crippen molar-refractivity contribution in [2.24, 2.45) is 5.41 Å². The fraction of sp³-hybridized carbons (Fsp3) is 0.500. The van der Waals surface area contributed by atoms with Crippen LogP contribution < -0.4 is 0 Å². The van der Waals surface area contributed by atoms with Crippen molar-refractivity contribution in [2.75, 3.05) is 26.2 Å². The van der Waals surface area contributed by atoms with E-state index in [0.717, 1.165) is 75.8 Å². The van der Waals surface area contributed by atoms with Crippen LogP contribution in [0.5, 0.6) is 0 Å². The summed E-state index contributed by atoms with van der Waals surface area (Å²) >= 11 is 0. The SMILES string of the molecule is Cc1nc(CN2CCC3(CC2)CC(O)CN(Cc2cnn(-c4ccccc4)c2)C3)co1. The van der Waals surface area contributed by atoms with Gasteiger partial charge < -0.3 is 9.52 Å². The van der Waals surface area contributed by atoms with E-state index in [1.165, 1.54) is 5.56 Å². The summed E-state index contributed by atoms with van der Waals surface area (Å²) in [7, 11) is 0. The van der Waals surface area contributed by atoms with E-state index in [9.17, 15) is 5.11 Å². The number of hydrogen-bond acceptors (Lipinski definition) is 6. The quantitative estimate of drug-likeness (QED) is 0.683. The largest absolute Gasteiger partial charge is 0.449 e. The molecular formula is C24H31N5O2. The molecule has 0 saturated carbocycles. The number of oxazole rings is 1. The van der Waals surface area contributed by atoms with Crippen LogP contribution in [0.15, 0.2) is 53.4 Å². The lowest BCUT2D eigenvalue weighted by Gasteiger charge is -2.49. The van der Waals surface area contributed by atoms with E-state index in [1.54, 1.807) is 6.26 Å². The molecule has 4 heterocycles. The molecule has 1 N–H and O–H groups in total. The lowest BCUT2D eigenvalue weighted by atomic mass is 9.71. The van der Waals surface area contributed by atoms with Crippen LogP contribution in [0.4, 0.5) is 0 Å². The summed E-state index contributed by atoms with van der Waals surface area (Å²) in [6.45, 7) is 7.41. The Hall–Kier alpha value is -2.48. The van der Waals surface area contributed by atoms with E-state index in [4.69, 9.17) is 4.42 Å². The summed E-state index contributed by atoms with van der Waals surface area (Å²) < 4.78 is 7.27. The second-order valence-corrected chi connectivity index (χ2v) is 9.29. The third-order valence-corrected chi connectivity index (χ3v) is 6.73. The van der Waals surface area contributed by atoms with Gasteiger partial charge in [-0.2, -0.15) is 5.10 Å². The first-order valence-corrected chi connectivity index (χ1v) is 11.2. The van der Waals surface area contributed by atoms with Gasteiger partial charge in [-0.3, -0.25) is 9.80 Å². The first kappa shape index (κ1) is 20.4. The molecule has 7 heteroatoms. The Morgan fingerprint density at radius 2 is 1.94 bits per heavy atom. The van der Waals surface area contributed by atoms with E-state index >= 15 is 0 Å². The smallest absolute Gasteiger partial charge is 0.191 e. The molecule has 7 nitrogen and oxygen atoms in total. The monoisotopic (exact) mass is 421 g/mol. The van der Waals surface area contributed by atoms with Crippen molar-refractivity contribution in [1.29, 1.82) is 0 Å². The zero-order valence-corrected chi connectivity index (χ0v) is 18.2. The first-order valence-electron chi connectivity index (χ1n) is 11.2. The molecule has 1 spiro atoms. The highest BCUT2D eigenvalue weighted by molar-refractivity contribution is 5.30. The number of para-hydroxylation sites is 1. The van der Waals surface area contributed by atoms with Gasteiger partial charge in [0.25, 0.3) is 0 Å². The molecule has 0 amide bonds. The van der Waals surface area contributed by atoms with Crippen LogP contribution in [0.1, 0.15) is 36.4 Å². The minimum Gasteiger partial charge on any atom is -0.449 e. The number of benzene rings is 1. The second kappa shape index (κ2) is 8.57. The van der Waals surface area contributed by atoms with Crippen molar-refractivity contribution in [1.82, 2.24) is 24.6 Å². The highest BCUT2D eigenvalue weighted by Crippen LogP contribution is 2.40. The molecule has 2 aliphatic rings. The number of aliphatic hydroxyl groups excluding tert-OH is 1. The average Bonchev–Trinajstić information content (AvgIpc) is 3.39. The summed E-state index contributed by atoms with van der Waals surface area (Å²) in [5.74, 6) is 0.727. The maximum Gasteiger partial charge on any atom is 0.191 e. The predicted molar refractivity (Wildman–Crippen MR) is 118 cm³/mol. The van der Waals surface area contributed by atoms with Gasteiger partial charge in [-0.25, -0.2) is 9.67 Å². The number of piperidine rings is 2. The van der Waals surface area contributed by atoms with E-state index in [1.807, 2.05) is 36.0 Å².